The first-order chi connectivity index (χ1) is 13.2. The number of rotatable bonds is 4. The Morgan fingerprint density at radius 3 is 2.59 bits per heavy atom. The van der Waals surface area contributed by atoms with Gasteiger partial charge in [0.1, 0.15) is 12.1 Å². The topological polar surface area (TPSA) is 75.9 Å². The highest BCUT2D eigenvalue weighted by Crippen LogP contribution is 2.23. The highest BCUT2D eigenvalue weighted by molar-refractivity contribution is 5.93. The standard InChI is InChI=1S/C19H19FN6O/c20-15-3-5-16(6-4-15)22-19(27)14-2-1-10-25(12-14)17-7-8-18(24-23-17)26-11-9-21-13-26/h3-9,11,13-14H,1-2,10,12H2,(H,22,27). The number of piperidine rings is 1. The molecule has 1 fully saturated rings. The van der Waals surface area contributed by atoms with Crippen LogP contribution in [-0.4, -0.2) is 38.7 Å². The molecule has 1 aliphatic rings. The summed E-state index contributed by atoms with van der Waals surface area (Å²) in [7, 11) is 0. The average Bonchev–Trinajstić information content (AvgIpc) is 3.25. The van der Waals surface area contributed by atoms with Crippen LogP contribution in [0.4, 0.5) is 15.9 Å². The first-order valence-electron chi connectivity index (χ1n) is 8.82. The SMILES string of the molecule is O=C(Nc1ccc(F)cc1)C1CCCN(c2ccc(-n3ccnc3)nn2)C1. The fourth-order valence-electron chi connectivity index (χ4n) is 3.20. The molecule has 0 bridgehead atoms. The first kappa shape index (κ1) is 17.1. The van der Waals surface area contributed by atoms with Crippen molar-refractivity contribution < 1.29 is 9.18 Å². The van der Waals surface area contributed by atoms with Gasteiger partial charge in [0.25, 0.3) is 0 Å². The second-order valence-corrected chi connectivity index (χ2v) is 6.50. The fraction of sp³-hybridized carbons (Fsp3) is 0.263. The monoisotopic (exact) mass is 366 g/mol. The number of aromatic nitrogens is 4. The van der Waals surface area contributed by atoms with E-state index >= 15 is 0 Å². The number of carbonyl (C=O) groups excluding carboxylic acids is 1. The highest BCUT2D eigenvalue weighted by atomic mass is 19.1. The number of nitrogens with one attached hydrogen (secondary N) is 1. The molecular weight excluding hydrogens is 347 g/mol. The van der Waals surface area contributed by atoms with Gasteiger partial charge in [-0.25, -0.2) is 9.37 Å². The van der Waals surface area contributed by atoms with Crippen molar-refractivity contribution in [1.82, 2.24) is 19.7 Å². The molecule has 1 aromatic carbocycles. The van der Waals surface area contributed by atoms with Crippen molar-refractivity contribution in [2.45, 2.75) is 12.8 Å². The van der Waals surface area contributed by atoms with Gasteiger partial charge in [0, 0.05) is 31.2 Å². The van der Waals surface area contributed by atoms with Crippen molar-refractivity contribution >= 4 is 17.4 Å². The van der Waals surface area contributed by atoms with Crippen molar-refractivity contribution in [1.29, 1.82) is 0 Å². The molecule has 7 nitrogen and oxygen atoms in total. The number of benzene rings is 1. The number of hydrogen-bond acceptors (Lipinski definition) is 5. The van der Waals surface area contributed by atoms with E-state index in [0.29, 0.717) is 18.1 Å². The van der Waals surface area contributed by atoms with E-state index in [9.17, 15) is 9.18 Å². The smallest absolute Gasteiger partial charge is 0.229 e. The predicted molar refractivity (Wildman–Crippen MR) is 99.1 cm³/mol. The summed E-state index contributed by atoms with van der Waals surface area (Å²) in [6.45, 7) is 1.41. The van der Waals surface area contributed by atoms with Crippen LogP contribution in [0.15, 0.2) is 55.1 Å². The molecule has 1 aliphatic heterocycles. The van der Waals surface area contributed by atoms with E-state index in [-0.39, 0.29) is 17.6 Å². The minimum Gasteiger partial charge on any atom is -0.354 e. The molecule has 138 valence electrons. The molecule has 0 aliphatic carbocycles. The molecule has 1 amide bonds. The van der Waals surface area contributed by atoms with Crippen LogP contribution in [-0.2, 0) is 4.79 Å². The van der Waals surface area contributed by atoms with Crippen LogP contribution in [0.5, 0.6) is 0 Å². The van der Waals surface area contributed by atoms with Gasteiger partial charge in [-0.3, -0.25) is 9.36 Å². The minimum atomic E-state index is -0.324. The van der Waals surface area contributed by atoms with Crippen LogP contribution in [0, 0.1) is 11.7 Å². The van der Waals surface area contributed by atoms with Gasteiger partial charge in [0.05, 0.1) is 5.92 Å². The molecule has 1 atom stereocenters. The molecular formula is C19H19FN6O. The van der Waals surface area contributed by atoms with E-state index in [0.717, 1.165) is 25.2 Å². The van der Waals surface area contributed by atoms with Gasteiger partial charge in [-0.2, -0.15) is 0 Å². The average molecular weight is 366 g/mol. The summed E-state index contributed by atoms with van der Waals surface area (Å²) < 4.78 is 14.8. The molecule has 8 heteroatoms. The molecule has 2 aromatic heterocycles. The van der Waals surface area contributed by atoms with Gasteiger partial charge in [0.2, 0.25) is 5.91 Å². The molecule has 4 rings (SSSR count). The molecule has 0 radical (unpaired) electrons. The summed E-state index contributed by atoms with van der Waals surface area (Å²) in [6, 6.07) is 9.58. The van der Waals surface area contributed by atoms with Crippen molar-refractivity contribution in [3.05, 3.63) is 60.9 Å². The lowest BCUT2D eigenvalue weighted by Crippen LogP contribution is -2.41. The summed E-state index contributed by atoms with van der Waals surface area (Å²) in [6.07, 6.45) is 6.86. The fourth-order valence-corrected chi connectivity index (χ4v) is 3.20. The third-order valence-corrected chi connectivity index (χ3v) is 4.63. The molecule has 1 N–H and O–H groups in total. The third-order valence-electron chi connectivity index (χ3n) is 4.63. The van der Waals surface area contributed by atoms with Crippen LogP contribution in [0.3, 0.4) is 0 Å². The Labute approximate surface area is 155 Å². The number of amides is 1. The van der Waals surface area contributed by atoms with Gasteiger partial charge < -0.3 is 10.2 Å². The number of halogens is 1. The number of anilines is 2. The Bertz CT molecular complexity index is 895. The van der Waals surface area contributed by atoms with Gasteiger partial charge >= 0.3 is 0 Å². The Balaban J connectivity index is 1.41. The summed E-state index contributed by atoms with van der Waals surface area (Å²) in [5.74, 6) is 0.903. The van der Waals surface area contributed by atoms with E-state index in [1.165, 1.54) is 12.1 Å². The minimum absolute atomic E-state index is 0.0608. The number of hydrogen-bond donors (Lipinski definition) is 1. The van der Waals surface area contributed by atoms with E-state index in [1.807, 2.05) is 12.1 Å². The maximum atomic E-state index is 13.0. The normalized spacial score (nSPS) is 16.9. The zero-order valence-corrected chi connectivity index (χ0v) is 14.6. The van der Waals surface area contributed by atoms with Crippen molar-refractivity contribution in [3.8, 4) is 5.82 Å². The third kappa shape index (κ3) is 3.94. The molecule has 1 unspecified atom stereocenters. The molecule has 3 aromatic rings. The largest absolute Gasteiger partial charge is 0.354 e. The number of carbonyl (C=O) groups is 1. The zero-order chi connectivity index (χ0) is 18.6. The van der Waals surface area contributed by atoms with Crippen molar-refractivity contribution in [2.75, 3.05) is 23.3 Å². The molecule has 0 spiro atoms. The summed E-state index contributed by atoms with van der Waals surface area (Å²) in [5, 5.41) is 11.4. The van der Waals surface area contributed by atoms with Gasteiger partial charge in [-0.1, -0.05) is 0 Å². The Kier molecular flexibility index (Phi) is 4.78. The molecule has 0 saturated carbocycles. The number of imidazole rings is 1. The van der Waals surface area contributed by atoms with E-state index < -0.39 is 0 Å². The van der Waals surface area contributed by atoms with E-state index in [4.69, 9.17) is 0 Å². The maximum Gasteiger partial charge on any atom is 0.229 e. The number of nitrogens with zero attached hydrogens (tertiary/aromatic N) is 5. The van der Waals surface area contributed by atoms with Gasteiger partial charge in [-0.15, -0.1) is 10.2 Å². The van der Waals surface area contributed by atoms with E-state index in [2.05, 4.69) is 25.4 Å². The van der Waals surface area contributed by atoms with Crippen LogP contribution < -0.4 is 10.2 Å². The van der Waals surface area contributed by atoms with Gasteiger partial charge in [0.15, 0.2) is 11.6 Å². The highest BCUT2D eigenvalue weighted by Gasteiger charge is 2.26. The lowest BCUT2D eigenvalue weighted by atomic mass is 9.97. The lowest BCUT2D eigenvalue weighted by Gasteiger charge is -2.32. The summed E-state index contributed by atoms with van der Waals surface area (Å²) >= 11 is 0. The second kappa shape index (κ2) is 7.53. The zero-order valence-electron chi connectivity index (χ0n) is 14.6. The summed E-state index contributed by atoms with van der Waals surface area (Å²) in [4.78, 5) is 18.6. The maximum absolute atomic E-state index is 13.0. The molecule has 27 heavy (non-hydrogen) atoms. The van der Waals surface area contributed by atoms with Crippen LogP contribution in [0.25, 0.3) is 5.82 Å². The lowest BCUT2D eigenvalue weighted by molar-refractivity contribution is -0.120. The van der Waals surface area contributed by atoms with Crippen LogP contribution in [0.1, 0.15) is 12.8 Å². The summed E-state index contributed by atoms with van der Waals surface area (Å²) in [5.41, 5.74) is 0.600. The predicted octanol–water partition coefficient (Wildman–Crippen LogP) is 2.66. The van der Waals surface area contributed by atoms with Crippen LogP contribution >= 0.6 is 0 Å². The quantitative estimate of drug-likeness (QED) is 0.768. The Morgan fingerprint density at radius 2 is 1.89 bits per heavy atom. The second-order valence-electron chi connectivity index (χ2n) is 6.50. The molecule has 3 heterocycles. The van der Waals surface area contributed by atoms with Crippen molar-refractivity contribution in [2.24, 2.45) is 5.92 Å². The Hall–Kier alpha value is -3.29. The van der Waals surface area contributed by atoms with E-state index in [1.54, 1.807) is 35.4 Å². The Morgan fingerprint density at radius 1 is 1.11 bits per heavy atom. The van der Waals surface area contributed by atoms with Crippen molar-refractivity contribution in [3.63, 3.8) is 0 Å². The first-order valence-corrected chi connectivity index (χ1v) is 8.82. The molecule has 1 saturated heterocycles. The van der Waals surface area contributed by atoms with Gasteiger partial charge in [-0.05, 0) is 49.2 Å². The van der Waals surface area contributed by atoms with Crippen LogP contribution in [0.2, 0.25) is 0 Å².